The summed E-state index contributed by atoms with van der Waals surface area (Å²) >= 11 is 4.77. The van der Waals surface area contributed by atoms with E-state index in [0.29, 0.717) is 5.46 Å². The molecule has 0 N–H and O–H groups in total. The van der Waals surface area contributed by atoms with Gasteiger partial charge in [-0.05, 0) is 27.5 Å². The first-order valence-corrected chi connectivity index (χ1v) is 3.94. The smallest absolute Gasteiger partial charge is 0.167 e. The molecule has 1 nitrogen and oxygen atoms in total. The fraction of sp³-hybridized carbons (Fsp3) is 0.200. The van der Waals surface area contributed by atoms with E-state index in [9.17, 15) is 0 Å². The molecule has 1 aromatic rings. The van der Waals surface area contributed by atoms with Gasteiger partial charge in [0, 0.05) is 0 Å². The van der Waals surface area contributed by atoms with Crippen molar-refractivity contribution >= 4 is 40.6 Å². The maximum atomic E-state index is 5.51. The Bertz CT molecular complexity index is 211. The topological polar surface area (TPSA) is 9.23 Å². The fourth-order valence-electron chi connectivity index (χ4n) is 0.518. The molecule has 2 radical (unpaired) electrons. The number of rotatable bonds is 1. The lowest BCUT2D eigenvalue weighted by atomic mass is 10.0. The highest BCUT2D eigenvalue weighted by molar-refractivity contribution is 9.11. The van der Waals surface area contributed by atoms with Crippen LogP contribution in [0, 0.1) is 0 Å². The van der Waals surface area contributed by atoms with Gasteiger partial charge < -0.3 is 4.74 Å². The summed E-state index contributed by atoms with van der Waals surface area (Å²) in [7, 11) is 7.11. The molecule has 0 amide bonds. The molecular formula is C5H4BBrOS. The maximum absolute atomic E-state index is 5.51. The Labute approximate surface area is 67.6 Å². The predicted molar refractivity (Wildman–Crippen MR) is 44.0 cm³/mol. The van der Waals surface area contributed by atoms with Crippen LogP contribution in [0.4, 0.5) is 0 Å². The Hall–Kier alpha value is 0.0449. The summed E-state index contributed by atoms with van der Waals surface area (Å²) in [6.45, 7) is 0. The van der Waals surface area contributed by atoms with Crippen LogP contribution in [0.3, 0.4) is 0 Å². The molecule has 0 spiro atoms. The van der Waals surface area contributed by atoms with Gasteiger partial charge >= 0.3 is 0 Å². The minimum atomic E-state index is 0.689. The van der Waals surface area contributed by atoms with Crippen LogP contribution in [0.25, 0.3) is 0 Å². The lowest BCUT2D eigenvalue weighted by molar-refractivity contribution is 0.430. The quantitative estimate of drug-likeness (QED) is 0.625. The predicted octanol–water partition coefficient (Wildman–Crippen LogP) is 1.31. The molecular weight excluding hydrogens is 199 g/mol. The van der Waals surface area contributed by atoms with E-state index in [0.717, 1.165) is 8.85 Å². The SMILES string of the molecule is [B]c1cc(Br)sc1OC. The van der Waals surface area contributed by atoms with Crippen molar-refractivity contribution in [3.8, 4) is 5.06 Å². The average molecular weight is 203 g/mol. The van der Waals surface area contributed by atoms with Crippen LogP contribution in [0.15, 0.2) is 9.85 Å². The second kappa shape index (κ2) is 2.75. The molecule has 0 atom stereocenters. The highest BCUT2D eigenvalue weighted by atomic mass is 79.9. The third-order valence-corrected chi connectivity index (χ3v) is 2.50. The van der Waals surface area contributed by atoms with Crippen LogP contribution in [0.1, 0.15) is 0 Å². The van der Waals surface area contributed by atoms with Gasteiger partial charge in [0.05, 0.1) is 10.9 Å². The molecule has 0 fully saturated rings. The maximum Gasteiger partial charge on any atom is 0.167 e. The van der Waals surface area contributed by atoms with Gasteiger partial charge in [-0.15, -0.1) is 0 Å². The average Bonchev–Trinajstić information content (AvgIpc) is 2.10. The lowest BCUT2D eigenvalue weighted by Gasteiger charge is -1.92. The minimum absolute atomic E-state index is 0.689. The molecule has 0 aliphatic rings. The molecule has 1 heterocycles. The van der Waals surface area contributed by atoms with Crippen LogP contribution >= 0.6 is 27.3 Å². The largest absolute Gasteiger partial charge is 0.488 e. The molecule has 0 aliphatic carbocycles. The van der Waals surface area contributed by atoms with Crippen molar-refractivity contribution in [3.05, 3.63) is 9.85 Å². The van der Waals surface area contributed by atoms with Crippen LogP contribution in [-0.4, -0.2) is 15.0 Å². The van der Waals surface area contributed by atoms with Crippen molar-refractivity contribution < 1.29 is 4.74 Å². The van der Waals surface area contributed by atoms with Gasteiger partial charge in [-0.3, -0.25) is 0 Å². The van der Waals surface area contributed by atoms with E-state index in [-0.39, 0.29) is 0 Å². The van der Waals surface area contributed by atoms with Gasteiger partial charge in [0.25, 0.3) is 0 Å². The zero-order valence-corrected chi connectivity index (χ0v) is 7.25. The number of methoxy groups -OCH3 is 1. The van der Waals surface area contributed by atoms with Gasteiger partial charge in [-0.2, -0.15) is 0 Å². The first-order chi connectivity index (χ1) is 4.24. The van der Waals surface area contributed by atoms with Crippen LogP contribution in [0.5, 0.6) is 5.06 Å². The molecule has 0 unspecified atom stereocenters. The molecule has 0 saturated carbocycles. The van der Waals surface area contributed by atoms with Crippen molar-refractivity contribution in [2.75, 3.05) is 7.11 Å². The van der Waals surface area contributed by atoms with E-state index in [2.05, 4.69) is 15.9 Å². The molecule has 4 heteroatoms. The van der Waals surface area contributed by atoms with E-state index in [4.69, 9.17) is 12.6 Å². The van der Waals surface area contributed by atoms with Crippen LogP contribution in [-0.2, 0) is 0 Å². The zero-order valence-electron chi connectivity index (χ0n) is 4.85. The Morgan fingerprint density at radius 3 is 2.67 bits per heavy atom. The van der Waals surface area contributed by atoms with E-state index in [1.54, 1.807) is 7.11 Å². The molecule has 9 heavy (non-hydrogen) atoms. The molecule has 0 saturated heterocycles. The Morgan fingerprint density at radius 2 is 2.44 bits per heavy atom. The lowest BCUT2D eigenvalue weighted by Crippen LogP contribution is -2.00. The highest BCUT2D eigenvalue weighted by Gasteiger charge is 2.00. The first-order valence-electron chi connectivity index (χ1n) is 2.33. The monoisotopic (exact) mass is 202 g/mol. The van der Waals surface area contributed by atoms with Crippen molar-refractivity contribution in [3.63, 3.8) is 0 Å². The summed E-state index contributed by atoms with van der Waals surface area (Å²) in [6, 6.07) is 1.82. The van der Waals surface area contributed by atoms with Crippen LogP contribution < -0.4 is 10.2 Å². The molecule has 1 aromatic heterocycles. The van der Waals surface area contributed by atoms with E-state index in [1.165, 1.54) is 11.3 Å². The van der Waals surface area contributed by atoms with E-state index < -0.39 is 0 Å². The molecule has 0 aliphatic heterocycles. The number of hydrogen-bond acceptors (Lipinski definition) is 2. The van der Waals surface area contributed by atoms with Gasteiger partial charge in [0.15, 0.2) is 5.06 Å². The number of thiophene rings is 1. The van der Waals surface area contributed by atoms with Gasteiger partial charge in [-0.25, -0.2) is 0 Å². The summed E-state index contributed by atoms with van der Waals surface area (Å²) < 4.78 is 5.93. The Balaban J connectivity index is 3.01. The molecule has 46 valence electrons. The first kappa shape index (κ1) is 7.16. The van der Waals surface area contributed by atoms with Crippen molar-refractivity contribution in [1.82, 2.24) is 0 Å². The second-order valence-electron chi connectivity index (χ2n) is 1.50. The highest BCUT2D eigenvalue weighted by Crippen LogP contribution is 2.25. The number of halogens is 1. The molecule has 0 aromatic carbocycles. The standard InChI is InChI=1S/C5H4BBrOS/c1-8-5-3(6)2-4(7)9-5/h2H,1H3. The van der Waals surface area contributed by atoms with Crippen molar-refractivity contribution in [1.29, 1.82) is 0 Å². The second-order valence-corrected chi connectivity index (χ2v) is 3.89. The van der Waals surface area contributed by atoms with Crippen molar-refractivity contribution in [2.24, 2.45) is 0 Å². The van der Waals surface area contributed by atoms with Crippen LogP contribution in [0.2, 0.25) is 0 Å². The number of hydrogen-bond donors (Lipinski definition) is 0. The fourth-order valence-corrected chi connectivity index (χ4v) is 1.83. The third-order valence-electron chi connectivity index (χ3n) is 0.880. The van der Waals surface area contributed by atoms with E-state index in [1.807, 2.05) is 6.07 Å². The third kappa shape index (κ3) is 1.49. The van der Waals surface area contributed by atoms with Gasteiger partial charge in [0.1, 0.15) is 7.85 Å². The Morgan fingerprint density at radius 1 is 1.78 bits per heavy atom. The molecule has 1 rings (SSSR count). The zero-order chi connectivity index (χ0) is 6.85. The summed E-state index contributed by atoms with van der Waals surface area (Å²) in [5.74, 6) is 0. The summed E-state index contributed by atoms with van der Waals surface area (Å²) in [5.41, 5.74) is 0.689. The van der Waals surface area contributed by atoms with Gasteiger partial charge in [0.2, 0.25) is 0 Å². The summed E-state index contributed by atoms with van der Waals surface area (Å²) in [4.78, 5) is 0. The van der Waals surface area contributed by atoms with Crippen molar-refractivity contribution in [2.45, 2.75) is 0 Å². The summed E-state index contributed by atoms with van der Waals surface area (Å²) in [6.07, 6.45) is 0. The normalized spacial score (nSPS) is 9.56. The summed E-state index contributed by atoms with van der Waals surface area (Å²) in [5, 5.41) is 0.766. The van der Waals surface area contributed by atoms with E-state index >= 15 is 0 Å². The minimum Gasteiger partial charge on any atom is -0.488 e. The molecule has 0 bridgehead atoms. The Kier molecular flexibility index (Phi) is 2.19. The number of ether oxygens (including phenoxy) is 1. The van der Waals surface area contributed by atoms with Gasteiger partial charge in [-0.1, -0.05) is 11.3 Å².